The van der Waals surface area contributed by atoms with E-state index < -0.39 is 0 Å². The Bertz CT molecular complexity index is 641. The second-order valence-electron chi connectivity index (χ2n) is 6.33. The topological polar surface area (TPSA) is 46.5 Å². The molecule has 2 aromatic rings. The quantitative estimate of drug-likeness (QED) is 0.351. The van der Waals surface area contributed by atoms with Crippen LogP contribution in [0.3, 0.4) is 0 Å². The maximum atomic E-state index is 6.11. The highest BCUT2D eigenvalue weighted by Gasteiger charge is 2.16. The standard InChI is InChI=1S/C18H26N4.HI/c1-15-7-12-22(13-8-15)18(19)20-10-4-11-21-14-9-16-5-2-3-6-17(16)21;/h2-3,5-6,9,14-15H,4,7-8,10-13H2,1H3,(H2,19,20);1H. The van der Waals surface area contributed by atoms with Gasteiger partial charge in [-0.25, -0.2) is 0 Å². The van der Waals surface area contributed by atoms with E-state index in [1.807, 2.05) is 0 Å². The molecule has 0 bridgehead atoms. The number of halogens is 1. The largest absolute Gasteiger partial charge is 0.370 e. The Kier molecular flexibility index (Phi) is 6.74. The van der Waals surface area contributed by atoms with Crippen LogP contribution in [-0.2, 0) is 6.54 Å². The van der Waals surface area contributed by atoms with Gasteiger partial charge in [0.05, 0.1) is 0 Å². The number of fused-ring (bicyclic) bond motifs is 1. The van der Waals surface area contributed by atoms with E-state index in [-0.39, 0.29) is 24.0 Å². The first kappa shape index (κ1) is 18.1. The Hall–Kier alpha value is -1.24. The minimum absolute atomic E-state index is 0. The second kappa shape index (κ2) is 8.57. The van der Waals surface area contributed by atoms with Crippen molar-refractivity contribution >= 4 is 40.8 Å². The number of likely N-dealkylation sites (tertiary alicyclic amines) is 1. The smallest absolute Gasteiger partial charge is 0.191 e. The predicted octanol–water partition coefficient (Wildman–Crippen LogP) is 3.70. The van der Waals surface area contributed by atoms with Crippen LogP contribution in [0.5, 0.6) is 0 Å². The maximum absolute atomic E-state index is 6.11. The zero-order chi connectivity index (χ0) is 15.4. The summed E-state index contributed by atoms with van der Waals surface area (Å²) in [5, 5.41) is 1.30. The summed E-state index contributed by atoms with van der Waals surface area (Å²) in [7, 11) is 0. The average molecular weight is 426 g/mol. The van der Waals surface area contributed by atoms with Crippen LogP contribution in [-0.4, -0.2) is 35.1 Å². The summed E-state index contributed by atoms with van der Waals surface area (Å²) in [6.45, 7) is 6.20. The van der Waals surface area contributed by atoms with E-state index >= 15 is 0 Å². The molecule has 1 aliphatic rings. The molecule has 0 radical (unpaired) electrons. The third-order valence-electron chi connectivity index (χ3n) is 4.62. The van der Waals surface area contributed by atoms with Crippen molar-refractivity contribution < 1.29 is 0 Å². The number of rotatable bonds is 4. The van der Waals surface area contributed by atoms with Gasteiger partial charge in [-0.2, -0.15) is 0 Å². The minimum Gasteiger partial charge on any atom is -0.370 e. The van der Waals surface area contributed by atoms with Crippen molar-refractivity contribution in [2.45, 2.75) is 32.7 Å². The number of para-hydroxylation sites is 1. The molecule has 5 heteroatoms. The fourth-order valence-electron chi connectivity index (χ4n) is 3.11. The lowest BCUT2D eigenvalue weighted by Crippen LogP contribution is -2.42. The fraction of sp³-hybridized carbons (Fsp3) is 0.500. The van der Waals surface area contributed by atoms with Crippen molar-refractivity contribution in [2.75, 3.05) is 19.6 Å². The third-order valence-corrected chi connectivity index (χ3v) is 4.62. The van der Waals surface area contributed by atoms with Crippen LogP contribution in [0.15, 0.2) is 41.5 Å². The number of piperidine rings is 1. The van der Waals surface area contributed by atoms with Gasteiger partial charge in [0.15, 0.2) is 5.96 Å². The zero-order valence-electron chi connectivity index (χ0n) is 13.8. The van der Waals surface area contributed by atoms with Crippen molar-refractivity contribution in [1.82, 2.24) is 9.47 Å². The summed E-state index contributed by atoms with van der Waals surface area (Å²) in [4.78, 5) is 6.79. The second-order valence-corrected chi connectivity index (χ2v) is 6.33. The molecular weight excluding hydrogens is 399 g/mol. The van der Waals surface area contributed by atoms with E-state index in [9.17, 15) is 0 Å². The summed E-state index contributed by atoms with van der Waals surface area (Å²) in [5.74, 6) is 1.55. The number of aliphatic imine (C=N–C) groups is 1. The van der Waals surface area contributed by atoms with Gasteiger partial charge in [0.1, 0.15) is 0 Å². The molecule has 126 valence electrons. The van der Waals surface area contributed by atoms with Gasteiger partial charge in [0, 0.05) is 37.9 Å². The van der Waals surface area contributed by atoms with Crippen molar-refractivity contribution in [3.05, 3.63) is 36.5 Å². The molecule has 1 aliphatic heterocycles. The highest BCUT2D eigenvalue weighted by atomic mass is 127. The Morgan fingerprint density at radius 1 is 1.22 bits per heavy atom. The maximum Gasteiger partial charge on any atom is 0.191 e. The third kappa shape index (κ3) is 4.62. The van der Waals surface area contributed by atoms with Gasteiger partial charge in [-0.15, -0.1) is 24.0 Å². The van der Waals surface area contributed by atoms with E-state index in [2.05, 4.69) is 57.9 Å². The van der Waals surface area contributed by atoms with Crippen LogP contribution < -0.4 is 5.73 Å². The highest BCUT2D eigenvalue weighted by Crippen LogP contribution is 2.16. The molecule has 2 heterocycles. The molecule has 0 aliphatic carbocycles. The molecule has 0 amide bonds. The lowest BCUT2D eigenvalue weighted by atomic mass is 10.00. The van der Waals surface area contributed by atoms with E-state index in [1.165, 1.54) is 23.7 Å². The molecule has 4 nitrogen and oxygen atoms in total. The number of hydrogen-bond acceptors (Lipinski definition) is 1. The molecule has 2 N–H and O–H groups in total. The average Bonchev–Trinajstić information content (AvgIpc) is 2.95. The number of nitrogens with zero attached hydrogens (tertiary/aromatic N) is 3. The van der Waals surface area contributed by atoms with Gasteiger partial charge >= 0.3 is 0 Å². The number of nitrogens with two attached hydrogens (primary N) is 1. The first-order valence-electron chi connectivity index (χ1n) is 8.33. The fourth-order valence-corrected chi connectivity index (χ4v) is 3.11. The van der Waals surface area contributed by atoms with E-state index in [0.29, 0.717) is 0 Å². The zero-order valence-corrected chi connectivity index (χ0v) is 16.1. The number of hydrogen-bond donors (Lipinski definition) is 1. The van der Waals surface area contributed by atoms with Crippen molar-refractivity contribution in [3.8, 4) is 0 Å². The highest BCUT2D eigenvalue weighted by molar-refractivity contribution is 14.0. The van der Waals surface area contributed by atoms with Crippen LogP contribution in [0.25, 0.3) is 10.9 Å². The number of aryl methyl sites for hydroxylation is 1. The molecule has 0 spiro atoms. The lowest BCUT2D eigenvalue weighted by Gasteiger charge is -2.31. The number of aromatic nitrogens is 1. The van der Waals surface area contributed by atoms with Gasteiger partial charge in [0.25, 0.3) is 0 Å². The molecule has 3 rings (SSSR count). The van der Waals surface area contributed by atoms with Crippen LogP contribution in [0, 0.1) is 5.92 Å². The van der Waals surface area contributed by atoms with Crippen LogP contribution in [0.2, 0.25) is 0 Å². The molecule has 23 heavy (non-hydrogen) atoms. The minimum atomic E-state index is 0. The van der Waals surface area contributed by atoms with Crippen molar-refractivity contribution in [3.63, 3.8) is 0 Å². The Morgan fingerprint density at radius 3 is 2.74 bits per heavy atom. The number of guanidine groups is 1. The predicted molar refractivity (Wildman–Crippen MR) is 108 cm³/mol. The van der Waals surface area contributed by atoms with Crippen molar-refractivity contribution in [2.24, 2.45) is 16.6 Å². The summed E-state index contributed by atoms with van der Waals surface area (Å²) in [5.41, 5.74) is 7.41. The van der Waals surface area contributed by atoms with Crippen LogP contribution >= 0.6 is 24.0 Å². The van der Waals surface area contributed by atoms with Crippen LogP contribution in [0.1, 0.15) is 26.2 Å². The van der Waals surface area contributed by atoms with Gasteiger partial charge in [-0.05, 0) is 42.7 Å². The lowest BCUT2D eigenvalue weighted by molar-refractivity contribution is 0.277. The summed E-state index contributed by atoms with van der Waals surface area (Å²) in [6.07, 6.45) is 5.63. The van der Waals surface area contributed by atoms with E-state index in [1.54, 1.807) is 0 Å². The van der Waals surface area contributed by atoms with Gasteiger partial charge in [0.2, 0.25) is 0 Å². The Labute approximate surface area is 155 Å². The molecule has 0 unspecified atom stereocenters. The molecule has 1 aromatic carbocycles. The van der Waals surface area contributed by atoms with Gasteiger partial charge < -0.3 is 15.2 Å². The SMILES string of the molecule is CC1CCN(C(N)=NCCCn2ccc3ccccc32)CC1.I. The van der Waals surface area contributed by atoms with E-state index in [4.69, 9.17) is 5.73 Å². The van der Waals surface area contributed by atoms with Gasteiger partial charge in [-0.3, -0.25) is 4.99 Å². The van der Waals surface area contributed by atoms with Crippen LogP contribution in [0.4, 0.5) is 0 Å². The monoisotopic (exact) mass is 426 g/mol. The summed E-state index contributed by atoms with van der Waals surface area (Å²) >= 11 is 0. The summed E-state index contributed by atoms with van der Waals surface area (Å²) in [6, 6.07) is 10.7. The number of benzene rings is 1. The molecule has 0 saturated carbocycles. The van der Waals surface area contributed by atoms with Gasteiger partial charge in [-0.1, -0.05) is 25.1 Å². The molecule has 0 atom stereocenters. The molecule has 1 fully saturated rings. The molecule has 1 aromatic heterocycles. The first-order chi connectivity index (χ1) is 10.7. The molecular formula is C18H27IN4. The molecule has 1 saturated heterocycles. The Morgan fingerprint density at radius 2 is 1.96 bits per heavy atom. The van der Waals surface area contributed by atoms with E-state index in [0.717, 1.165) is 44.5 Å². The Balaban J connectivity index is 0.00000192. The first-order valence-corrected chi connectivity index (χ1v) is 8.33. The summed E-state index contributed by atoms with van der Waals surface area (Å²) < 4.78 is 2.30. The van der Waals surface area contributed by atoms with Crippen molar-refractivity contribution in [1.29, 1.82) is 0 Å². The normalized spacial score (nSPS) is 16.6.